The monoisotopic (exact) mass is 330 g/mol. The SMILES string of the molecule is CC.CC.COc1ccc(C(C)C(C)Oc2ccc(C)cc2)cc1. The van der Waals surface area contributed by atoms with E-state index in [0.29, 0.717) is 5.92 Å². The Morgan fingerprint density at radius 2 is 1.17 bits per heavy atom. The third-order valence-corrected chi connectivity index (χ3v) is 3.69. The molecule has 2 unspecified atom stereocenters. The molecule has 24 heavy (non-hydrogen) atoms. The molecule has 2 rings (SSSR count). The summed E-state index contributed by atoms with van der Waals surface area (Å²) in [5, 5.41) is 0. The summed E-state index contributed by atoms with van der Waals surface area (Å²) in [6.07, 6.45) is 0.117. The lowest BCUT2D eigenvalue weighted by molar-refractivity contribution is 0.195. The Morgan fingerprint density at radius 3 is 1.62 bits per heavy atom. The summed E-state index contributed by atoms with van der Waals surface area (Å²) in [4.78, 5) is 0. The van der Waals surface area contributed by atoms with Crippen molar-refractivity contribution < 1.29 is 9.47 Å². The van der Waals surface area contributed by atoms with Crippen LogP contribution in [0.2, 0.25) is 0 Å². The van der Waals surface area contributed by atoms with Gasteiger partial charge in [-0.05, 0) is 43.7 Å². The average molecular weight is 331 g/mol. The van der Waals surface area contributed by atoms with Crippen LogP contribution in [0.1, 0.15) is 58.6 Å². The number of methoxy groups -OCH3 is 1. The van der Waals surface area contributed by atoms with E-state index in [1.165, 1.54) is 11.1 Å². The summed E-state index contributed by atoms with van der Waals surface area (Å²) < 4.78 is 11.2. The van der Waals surface area contributed by atoms with Crippen LogP contribution in [0.4, 0.5) is 0 Å². The predicted octanol–water partition coefficient (Wildman–Crippen LogP) is 6.63. The third kappa shape index (κ3) is 7.08. The van der Waals surface area contributed by atoms with Gasteiger partial charge >= 0.3 is 0 Å². The van der Waals surface area contributed by atoms with E-state index in [2.05, 4.69) is 45.0 Å². The molecule has 0 fully saturated rings. The standard InChI is InChI=1S/C18H22O2.2C2H6/c1-13-5-9-18(10-6-13)20-15(3)14(2)16-7-11-17(19-4)12-8-16;2*1-2/h5-12,14-15H,1-4H3;2*1-2H3. The second-order valence-electron chi connectivity index (χ2n) is 5.20. The molecule has 0 aliphatic rings. The molecule has 0 aliphatic heterocycles. The lowest BCUT2D eigenvalue weighted by Crippen LogP contribution is -2.19. The third-order valence-electron chi connectivity index (χ3n) is 3.69. The molecule has 2 aromatic rings. The van der Waals surface area contributed by atoms with Crippen molar-refractivity contribution in [2.75, 3.05) is 7.11 Å². The summed E-state index contributed by atoms with van der Waals surface area (Å²) in [6, 6.07) is 16.4. The quantitative estimate of drug-likeness (QED) is 0.612. The molecule has 0 aliphatic carbocycles. The second-order valence-corrected chi connectivity index (χ2v) is 5.20. The van der Waals surface area contributed by atoms with E-state index in [0.717, 1.165) is 11.5 Å². The molecule has 2 aromatic carbocycles. The summed E-state index contributed by atoms with van der Waals surface area (Å²) in [6.45, 7) is 14.4. The van der Waals surface area contributed by atoms with Gasteiger partial charge in [-0.25, -0.2) is 0 Å². The fraction of sp³-hybridized carbons (Fsp3) is 0.455. The Morgan fingerprint density at radius 1 is 0.708 bits per heavy atom. The number of benzene rings is 2. The van der Waals surface area contributed by atoms with Gasteiger partial charge in [0.2, 0.25) is 0 Å². The van der Waals surface area contributed by atoms with Crippen LogP contribution in [-0.2, 0) is 0 Å². The molecule has 134 valence electrons. The highest BCUT2D eigenvalue weighted by Crippen LogP contribution is 2.25. The van der Waals surface area contributed by atoms with Crippen molar-refractivity contribution >= 4 is 0 Å². The van der Waals surface area contributed by atoms with Crippen molar-refractivity contribution in [3.63, 3.8) is 0 Å². The lowest BCUT2D eigenvalue weighted by atomic mass is 9.96. The molecule has 0 saturated heterocycles. The minimum atomic E-state index is 0.117. The first kappa shape index (κ1) is 22.0. The number of ether oxygens (including phenoxy) is 2. The molecule has 0 spiro atoms. The summed E-state index contributed by atoms with van der Waals surface area (Å²) in [7, 11) is 1.68. The Kier molecular flexibility index (Phi) is 11.4. The van der Waals surface area contributed by atoms with Gasteiger partial charge < -0.3 is 9.47 Å². The van der Waals surface area contributed by atoms with E-state index in [-0.39, 0.29) is 6.10 Å². The van der Waals surface area contributed by atoms with Crippen molar-refractivity contribution in [2.24, 2.45) is 0 Å². The fourth-order valence-corrected chi connectivity index (χ4v) is 2.11. The zero-order valence-electron chi connectivity index (χ0n) is 16.6. The van der Waals surface area contributed by atoms with Gasteiger partial charge in [-0.15, -0.1) is 0 Å². The highest BCUT2D eigenvalue weighted by Gasteiger charge is 2.16. The predicted molar refractivity (Wildman–Crippen MR) is 105 cm³/mol. The van der Waals surface area contributed by atoms with Gasteiger partial charge in [0.25, 0.3) is 0 Å². The minimum Gasteiger partial charge on any atom is -0.497 e. The normalized spacial score (nSPS) is 11.8. The van der Waals surface area contributed by atoms with Gasteiger partial charge in [0, 0.05) is 5.92 Å². The summed E-state index contributed by atoms with van der Waals surface area (Å²) >= 11 is 0. The van der Waals surface area contributed by atoms with Crippen LogP contribution in [0.5, 0.6) is 11.5 Å². The molecule has 0 bridgehead atoms. The van der Waals surface area contributed by atoms with E-state index in [1.807, 2.05) is 52.0 Å². The van der Waals surface area contributed by atoms with E-state index >= 15 is 0 Å². The number of rotatable bonds is 5. The van der Waals surface area contributed by atoms with Gasteiger partial charge in [0.15, 0.2) is 0 Å². The molecule has 2 heteroatoms. The molecule has 0 radical (unpaired) electrons. The molecule has 0 amide bonds. The lowest BCUT2D eigenvalue weighted by Gasteiger charge is -2.22. The van der Waals surface area contributed by atoms with Gasteiger partial charge in [-0.2, -0.15) is 0 Å². The summed E-state index contributed by atoms with van der Waals surface area (Å²) in [5.41, 5.74) is 2.50. The fourth-order valence-electron chi connectivity index (χ4n) is 2.11. The molecule has 2 atom stereocenters. The van der Waals surface area contributed by atoms with Gasteiger partial charge in [-0.1, -0.05) is 64.4 Å². The molecule has 0 N–H and O–H groups in total. The van der Waals surface area contributed by atoms with E-state index in [1.54, 1.807) is 7.11 Å². The first-order valence-corrected chi connectivity index (χ1v) is 8.97. The second kappa shape index (κ2) is 12.5. The van der Waals surface area contributed by atoms with E-state index in [9.17, 15) is 0 Å². The highest BCUT2D eigenvalue weighted by atomic mass is 16.5. The molecule has 0 saturated carbocycles. The maximum Gasteiger partial charge on any atom is 0.119 e. The van der Waals surface area contributed by atoms with Crippen molar-refractivity contribution in [3.05, 3.63) is 59.7 Å². The zero-order chi connectivity index (χ0) is 18.5. The first-order valence-electron chi connectivity index (χ1n) is 8.97. The molecule has 0 heterocycles. The van der Waals surface area contributed by atoms with Gasteiger partial charge in [0.05, 0.1) is 7.11 Å². The Hall–Kier alpha value is -1.96. The van der Waals surface area contributed by atoms with Crippen molar-refractivity contribution in [1.29, 1.82) is 0 Å². The highest BCUT2D eigenvalue weighted by molar-refractivity contribution is 5.30. The summed E-state index contributed by atoms with van der Waals surface area (Å²) in [5.74, 6) is 2.12. The van der Waals surface area contributed by atoms with Crippen LogP contribution >= 0.6 is 0 Å². The topological polar surface area (TPSA) is 18.5 Å². The van der Waals surface area contributed by atoms with Gasteiger partial charge in [-0.3, -0.25) is 0 Å². The van der Waals surface area contributed by atoms with E-state index < -0.39 is 0 Å². The Balaban J connectivity index is 0.00000123. The zero-order valence-corrected chi connectivity index (χ0v) is 16.6. The number of hydrogen-bond donors (Lipinski definition) is 0. The number of hydrogen-bond acceptors (Lipinski definition) is 2. The minimum absolute atomic E-state index is 0.117. The van der Waals surface area contributed by atoms with Gasteiger partial charge in [0.1, 0.15) is 17.6 Å². The maximum atomic E-state index is 6.01. The Labute approximate surface area is 148 Å². The van der Waals surface area contributed by atoms with Crippen LogP contribution in [0.15, 0.2) is 48.5 Å². The molecular weight excluding hydrogens is 296 g/mol. The van der Waals surface area contributed by atoms with Crippen molar-refractivity contribution in [3.8, 4) is 11.5 Å². The van der Waals surface area contributed by atoms with Crippen molar-refractivity contribution in [2.45, 2.75) is 60.5 Å². The molecular formula is C22H34O2. The first-order chi connectivity index (χ1) is 11.6. The van der Waals surface area contributed by atoms with Crippen LogP contribution in [0, 0.1) is 6.92 Å². The van der Waals surface area contributed by atoms with E-state index in [4.69, 9.17) is 9.47 Å². The van der Waals surface area contributed by atoms with Crippen LogP contribution in [-0.4, -0.2) is 13.2 Å². The van der Waals surface area contributed by atoms with Crippen LogP contribution < -0.4 is 9.47 Å². The Bertz CT molecular complexity index is 529. The van der Waals surface area contributed by atoms with Crippen molar-refractivity contribution in [1.82, 2.24) is 0 Å². The maximum absolute atomic E-state index is 6.01. The molecule has 2 nitrogen and oxygen atoms in total. The van der Waals surface area contributed by atoms with Crippen LogP contribution in [0.3, 0.4) is 0 Å². The van der Waals surface area contributed by atoms with Crippen LogP contribution in [0.25, 0.3) is 0 Å². The molecule has 0 aromatic heterocycles. The smallest absolute Gasteiger partial charge is 0.119 e. The number of aryl methyl sites for hydroxylation is 1. The average Bonchev–Trinajstić information content (AvgIpc) is 2.66. The largest absolute Gasteiger partial charge is 0.497 e.